The fourth-order valence-electron chi connectivity index (χ4n) is 1.81. The fourth-order valence-corrected chi connectivity index (χ4v) is 2.17. The second-order valence-electron chi connectivity index (χ2n) is 4.46. The van der Waals surface area contributed by atoms with Crippen LogP contribution in [0.2, 0.25) is 5.15 Å². The van der Waals surface area contributed by atoms with E-state index in [0.717, 1.165) is 17.1 Å². The maximum absolute atomic E-state index is 6.12. The minimum absolute atomic E-state index is 0.0310. The SMILES string of the molecule is CC(C)c1c(Cl)ncnc1NC(C)c1ccco1. The topological polar surface area (TPSA) is 51.0 Å². The monoisotopic (exact) mass is 265 g/mol. The molecule has 1 atom stereocenters. The quantitative estimate of drug-likeness (QED) is 0.849. The van der Waals surface area contributed by atoms with Crippen LogP contribution in [0.1, 0.15) is 44.1 Å². The van der Waals surface area contributed by atoms with E-state index in [1.165, 1.54) is 6.33 Å². The first-order chi connectivity index (χ1) is 8.59. The molecule has 2 rings (SSSR count). The summed E-state index contributed by atoms with van der Waals surface area (Å²) in [4.78, 5) is 8.28. The standard InChI is InChI=1S/C13H16ClN3O/c1-8(2)11-12(14)15-7-16-13(11)17-9(3)10-5-4-6-18-10/h4-9H,1-3H3,(H,15,16,17). The summed E-state index contributed by atoms with van der Waals surface area (Å²) in [6, 6.07) is 3.82. The molecule has 0 saturated carbocycles. The van der Waals surface area contributed by atoms with Crippen LogP contribution in [0, 0.1) is 0 Å². The van der Waals surface area contributed by atoms with Crippen molar-refractivity contribution in [2.75, 3.05) is 5.32 Å². The molecule has 0 spiro atoms. The molecule has 0 fully saturated rings. The average Bonchev–Trinajstić information content (AvgIpc) is 2.81. The molecule has 0 amide bonds. The molecule has 4 nitrogen and oxygen atoms in total. The Morgan fingerprint density at radius 2 is 2.06 bits per heavy atom. The Bertz CT molecular complexity index is 511. The minimum Gasteiger partial charge on any atom is -0.467 e. The van der Waals surface area contributed by atoms with E-state index in [1.807, 2.05) is 19.1 Å². The Balaban J connectivity index is 2.26. The van der Waals surface area contributed by atoms with Crippen molar-refractivity contribution >= 4 is 17.4 Å². The molecule has 96 valence electrons. The highest BCUT2D eigenvalue weighted by Gasteiger charge is 2.16. The van der Waals surface area contributed by atoms with Crippen molar-refractivity contribution in [3.63, 3.8) is 0 Å². The van der Waals surface area contributed by atoms with E-state index in [9.17, 15) is 0 Å². The number of hydrogen-bond donors (Lipinski definition) is 1. The van der Waals surface area contributed by atoms with Crippen LogP contribution in [0.4, 0.5) is 5.82 Å². The largest absolute Gasteiger partial charge is 0.467 e. The van der Waals surface area contributed by atoms with Gasteiger partial charge in [0.25, 0.3) is 0 Å². The van der Waals surface area contributed by atoms with Crippen LogP contribution < -0.4 is 5.32 Å². The van der Waals surface area contributed by atoms with Crippen molar-refractivity contribution in [1.29, 1.82) is 0 Å². The average molecular weight is 266 g/mol. The zero-order valence-electron chi connectivity index (χ0n) is 10.6. The molecule has 0 bridgehead atoms. The van der Waals surface area contributed by atoms with Crippen LogP contribution in [0.3, 0.4) is 0 Å². The van der Waals surface area contributed by atoms with Gasteiger partial charge in [-0.05, 0) is 25.0 Å². The third-order valence-electron chi connectivity index (χ3n) is 2.74. The van der Waals surface area contributed by atoms with E-state index in [1.54, 1.807) is 6.26 Å². The Labute approximate surface area is 111 Å². The molecule has 5 heteroatoms. The predicted octanol–water partition coefficient (Wildman–Crippen LogP) is 4.02. The van der Waals surface area contributed by atoms with Crippen LogP contribution in [0.15, 0.2) is 29.1 Å². The summed E-state index contributed by atoms with van der Waals surface area (Å²) >= 11 is 6.12. The Hall–Kier alpha value is -1.55. The normalized spacial score (nSPS) is 12.7. The van der Waals surface area contributed by atoms with Gasteiger partial charge in [-0.2, -0.15) is 0 Å². The van der Waals surface area contributed by atoms with Gasteiger partial charge in [0.1, 0.15) is 23.1 Å². The smallest absolute Gasteiger partial charge is 0.138 e. The zero-order chi connectivity index (χ0) is 13.1. The van der Waals surface area contributed by atoms with Crippen LogP contribution in [-0.2, 0) is 0 Å². The Kier molecular flexibility index (Phi) is 3.87. The van der Waals surface area contributed by atoms with Crippen LogP contribution in [0.5, 0.6) is 0 Å². The lowest BCUT2D eigenvalue weighted by Crippen LogP contribution is -2.11. The maximum atomic E-state index is 6.12. The second-order valence-corrected chi connectivity index (χ2v) is 4.82. The summed E-state index contributed by atoms with van der Waals surface area (Å²) in [5.41, 5.74) is 0.928. The van der Waals surface area contributed by atoms with Gasteiger partial charge in [-0.25, -0.2) is 9.97 Å². The summed E-state index contributed by atoms with van der Waals surface area (Å²) in [5, 5.41) is 3.80. The molecule has 0 aliphatic rings. The molecule has 18 heavy (non-hydrogen) atoms. The first-order valence-corrected chi connectivity index (χ1v) is 6.27. The predicted molar refractivity (Wildman–Crippen MR) is 71.9 cm³/mol. The van der Waals surface area contributed by atoms with E-state index >= 15 is 0 Å². The van der Waals surface area contributed by atoms with Crippen LogP contribution in [0.25, 0.3) is 0 Å². The molecule has 1 unspecified atom stereocenters. The number of rotatable bonds is 4. The van der Waals surface area contributed by atoms with Crippen LogP contribution >= 0.6 is 11.6 Å². The van der Waals surface area contributed by atoms with Crippen molar-refractivity contribution in [2.24, 2.45) is 0 Å². The fraction of sp³-hybridized carbons (Fsp3) is 0.385. The first kappa shape index (κ1) is 12.9. The van der Waals surface area contributed by atoms with E-state index < -0.39 is 0 Å². The maximum Gasteiger partial charge on any atom is 0.138 e. The molecule has 2 aromatic rings. The highest BCUT2D eigenvalue weighted by Crippen LogP contribution is 2.30. The number of hydrogen-bond acceptors (Lipinski definition) is 4. The summed E-state index contributed by atoms with van der Waals surface area (Å²) < 4.78 is 5.36. The number of furan rings is 1. The lowest BCUT2D eigenvalue weighted by molar-refractivity contribution is 0.490. The summed E-state index contributed by atoms with van der Waals surface area (Å²) in [6.07, 6.45) is 3.12. The number of halogens is 1. The highest BCUT2D eigenvalue weighted by atomic mass is 35.5. The molecule has 2 heterocycles. The van der Waals surface area contributed by atoms with Gasteiger partial charge in [-0.1, -0.05) is 25.4 Å². The van der Waals surface area contributed by atoms with Crippen molar-refractivity contribution in [1.82, 2.24) is 9.97 Å². The van der Waals surface area contributed by atoms with Crippen LogP contribution in [-0.4, -0.2) is 9.97 Å². The van der Waals surface area contributed by atoms with Gasteiger partial charge in [0, 0.05) is 5.56 Å². The zero-order valence-corrected chi connectivity index (χ0v) is 11.4. The van der Waals surface area contributed by atoms with Crippen molar-refractivity contribution < 1.29 is 4.42 Å². The van der Waals surface area contributed by atoms with Gasteiger partial charge in [-0.3, -0.25) is 0 Å². The molecular weight excluding hydrogens is 250 g/mol. The van der Waals surface area contributed by atoms with Crippen molar-refractivity contribution in [3.8, 4) is 0 Å². The Morgan fingerprint density at radius 1 is 1.28 bits per heavy atom. The number of anilines is 1. The second kappa shape index (κ2) is 5.40. The van der Waals surface area contributed by atoms with Crippen molar-refractivity contribution in [3.05, 3.63) is 41.2 Å². The van der Waals surface area contributed by atoms with Gasteiger partial charge in [-0.15, -0.1) is 0 Å². The van der Waals surface area contributed by atoms with E-state index in [-0.39, 0.29) is 12.0 Å². The summed E-state index contributed by atoms with van der Waals surface area (Å²) in [7, 11) is 0. The van der Waals surface area contributed by atoms with Gasteiger partial charge in [0.2, 0.25) is 0 Å². The molecule has 0 aliphatic carbocycles. The van der Waals surface area contributed by atoms with E-state index in [4.69, 9.17) is 16.0 Å². The third-order valence-corrected chi connectivity index (χ3v) is 3.04. The molecule has 0 aliphatic heterocycles. The van der Waals surface area contributed by atoms with Gasteiger partial charge >= 0.3 is 0 Å². The van der Waals surface area contributed by atoms with Gasteiger partial charge < -0.3 is 9.73 Å². The molecule has 0 radical (unpaired) electrons. The van der Waals surface area contributed by atoms with Gasteiger partial charge in [0.05, 0.1) is 12.3 Å². The molecule has 2 aromatic heterocycles. The number of aromatic nitrogens is 2. The number of nitrogens with zero attached hydrogens (tertiary/aromatic N) is 2. The minimum atomic E-state index is 0.0310. The highest BCUT2D eigenvalue weighted by molar-refractivity contribution is 6.30. The van der Waals surface area contributed by atoms with Gasteiger partial charge in [0.15, 0.2) is 0 Å². The Morgan fingerprint density at radius 3 is 2.67 bits per heavy atom. The first-order valence-electron chi connectivity index (χ1n) is 5.90. The third kappa shape index (κ3) is 2.64. The van der Waals surface area contributed by atoms with E-state index in [0.29, 0.717) is 5.15 Å². The van der Waals surface area contributed by atoms with E-state index in [2.05, 4.69) is 29.1 Å². The number of nitrogens with one attached hydrogen (secondary N) is 1. The molecule has 0 saturated heterocycles. The van der Waals surface area contributed by atoms with Crippen molar-refractivity contribution in [2.45, 2.75) is 32.7 Å². The summed E-state index contributed by atoms with van der Waals surface area (Å²) in [5.74, 6) is 1.87. The lowest BCUT2D eigenvalue weighted by atomic mass is 10.1. The molecular formula is C13H16ClN3O. The molecule has 0 aromatic carbocycles. The lowest BCUT2D eigenvalue weighted by Gasteiger charge is -2.17. The summed E-state index contributed by atoms with van der Waals surface area (Å²) in [6.45, 7) is 6.14. The molecule has 1 N–H and O–H groups in total.